The van der Waals surface area contributed by atoms with Crippen molar-refractivity contribution in [1.29, 1.82) is 0 Å². The summed E-state index contributed by atoms with van der Waals surface area (Å²) in [7, 11) is 2.16. The minimum atomic E-state index is 0.0160. The molecule has 6 nitrogen and oxygen atoms in total. The number of benzene rings is 1. The summed E-state index contributed by atoms with van der Waals surface area (Å²) in [5, 5.41) is 5.75. The molecular formula is C23H32N4O2S. The lowest BCUT2D eigenvalue weighted by Crippen LogP contribution is -2.56. The van der Waals surface area contributed by atoms with E-state index in [0.717, 1.165) is 30.5 Å². The number of hydrogen-bond acceptors (Lipinski definition) is 4. The van der Waals surface area contributed by atoms with Crippen LogP contribution in [0.5, 0.6) is 0 Å². The number of urea groups is 1. The van der Waals surface area contributed by atoms with Gasteiger partial charge in [-0.05, 0) is 70.2 Å². The van der Waals surface area contributed by atoms with Gasteiger partial charge in [0.2, 0.25) is 0 Å². The molecule has 30 heavy (non-hydrogen) atoms. The number of nitrogens with one attached hydrogen (secondary N) is 2. The number of likely N-dealkylation sites (N-methyl/N-ethyl adjacent to an activating group) is 1. The first-order valence-electron chi connectivity index (χ1n) is 10.9. The Morgan fingerprint density at radius 3 is 2.67 bits per heavy atom. The molecule has 2 N–H and O–H groups in total. The first-order chi connectivity index (χ1) is 14.4. The Balaban J connectivity index is 1.72. The summed E-state index contributed by atoms with van der Waals surface area (Å²) in [6.45, 7) is 7.92. The number of ketones is 1. The molecule has 3 atom stereocenters. The Morgan fingerprint density at radius 2 is 2.03 bits per heavy atom. The van der Waals surface area contributed by atoms with Gasteiger partial charge in [-0.3, -0.25) is 4.79 Å². The molecule has 7 heteroatoms. The van der Waals surface area contributed by atoms with Gasteiger partial charge in [0, 0.05) is 54.1 Å². The largest absolute Gasteiger partial charge is 0.349 e. The fourth-order valence-corrected chi connectivity index (χ4v) is 5.97. The van der Waals surface area contributed by atoms with Gasteiger partial charge < -0.3 is 20.1 Å². The normalized spacial score (nSPS) is 23.3. The quantitative estimate of drug-likeness (QED) is 0.561. The van der Waals surface area contributed by atoms with E-state index in [0.29, 0.717) is 25.0 Å². The van der Waals surface area contributed by atoms with Gasteiger partial charge in [0.15, 0.2) is 5.78 Å². The predicted molar refractivity (Wildman–Crippen MR) is 123 cm³/mol. The third-order valence-corrected chi connectivity index (χ3v) is 7.63. The zero-order valence-electron chi connectivity index (χ0n) is 18.5. The summed E-state index contributed by atoms with van der Waals surface area (Å²) in [5.41, 5.74) is 4.46. The minimum absolute atomic E-state index is 0.0160. The topological polar surface area (TPSA) is 68.4 Å². The minimum Gasteiger partial charge on any atom is -0.349 e. The Hall–Kier alpha value is -1.99. The summed E-state index contributed by atoms with van der Waals surface area (Å²) < 4.78 is 0. The Labute approximate surface area is 182 Å². The standard InChI is InChI=1S/C23H32N4O2S/c1-6-27(7-2)23(29)24-15-10-16-17-8-14(13(3)28)9-19-21(17)18(22(25-19)30-5)11-20(16)26(4)12-15/h8-9,15-16,20,25H,6-7,10-12H2,1-5H3,(H,24,29)/t15-,16?,20+/m0/s1. The van der Waals surface area contributed by atoms with E-state index in [1.165, 1.54) is 21.5 Å². The first kappa shape index (κ1) is 21.2. The second-order valence-electron chi connectivity index (χ2n) is 8.55. The zero-order valence-corrected chi connectivity index (χ0v) is 19.4. The lowest BCUT2D eigenvalue weighted by Gasteiger charge is -2.46. The smallest absolute Gasteiger partial charge is 0.317 e. The van der Waals surface area contributed by atoms with Crippen LogP contribution in [0.25, 0.3) is 10.9 Å². The number of Topliss-reactive ketones (excluding diaryl/α,β-unsaturated/α-hetero) is 1. The van der Waals surface area contributed by atoms with Crippen LogP contribution >= 0.6 is 11.8 Å². The molecule has 1 aliphatic carbocycles. The Kier molecular flexibility index (Phi) is 5.86. The molecule has 0 bridgehead atoms. The number of likely N-dealkylation sites (tertiary alicyclic amines) is 1. The van der Waals surface area contributed by atoms with Crippen molar-refractivity contribution in [2.75, 3.05) is 32.9 Å². The second-order valence-corrected chi connectivity index (χ2v) is 9.37. The maximum atomic E-state index is 12.7. The SMILES string of the molecule is CCN(CC)C(=O)N[C@H]1CC2c3cc(C(C)=O)cc4[nH]c(SC)c(c34)C[C@H]2N(C)C1. The fourth-order valence-electron chi connectivity index (χ4n) is 5.33. The molecule has 2 aromatic rings. The molecule has 1 unspecified atom stereocenters. The highest BCUT2D eigenvalue weighted by Crippen LogP contribution is 2.46. The number of carbonyl (C=O) groups excluding carboxylic acids is 2. The predicted octanol–water partition coefficient (Wildman–Crippen LogP) is 3.86. The van der Waals surface area contributed by atoms with E-state index in [1.807, 2.05) is 24.8 Å². The van der Waals surface area contributed by atoms with Crippen LogP contribution in [0, 0.1) is 0 Å². The zero-order chi connectivity index (χ0) is 21.6. The van der Waals surface area contributed by atoms with E-state index in [-0.39, 0.29) is 17.9 Å². The van der Waals surface area contributed by atoms with Crippen molar-refractivity contribution in [3.8, 4) is 0 Å². The summed E-state index contributed by atoms with van der Waals surface area (Å²) in [6.07, 6.45) is 4.00. The number of aromatic amines is 1. The van der Waals surface area contributed by atoms with Gasteiger partial charge in [-0.1, -0.05) is 0 Å². The van der Waals surface area contributed by atoms with Crippen LogP contribution in [0.2, 0.25) is 0 Å². The lowest BCUT2D eigenvalue weighted by molar-refractivity contribution is 0.101. The highest BCUT2D eigenvalue weighted by Gasteiger charge is 2.41. The molecule has 2 amide bonds. The summed E-state index contributed by atoms with van der Waals surface area (Å²) >= 11 is 1.74. The number of piperidine rings is 1. The van der Waals surface area contributed by atoms with Crippen LogP contribution in [0.15, 0.2) is 17.2 Å². The number of amides is 2. The molecular weight excluding hydrogens is 396 g/mol. The van der Waals surface area contributed by atoms with Crippen LogP contribution in [0.1, 0.15) is 54.6 Å². The van der Waals surface area contributed by atoms with Gasteiger partial charge in [-0.25, -0.2) is 4.79 Å². The molecule has 0 saturated carbocycles. The van der Waals surface area contributed by atoms with Crippen LogP contribution in [-0.2, 0) is 6.42 Å². The van der Waals surface area contributed by atoms with Gasteiger partial charge in [-0.2, -0.15) is 0 Å². The molecule has 1 aromatic heterocycles. The number of fused-ring (bicyclic) bond motifs is 2. The van der Waals surface area contributed by atoms with E-state index in [1.54, 1.807) is 18.7 Å². The van der Waals surface area contributed by atoms with E-state index in [9.17, 15) is 9.59 Å². The van der Waals surface area contributed by atoms with Crippen LogP contribution in [-0.4, -0.2) is 71.6 Å². The van der Waals surface area contributed by atoms with E-state index < -0.39 is 0 Å². The summed E-state index contributed by atoms with van der Waals surface area (Å²) in [4.78, 5) is 32.7. The molecule has 1 saturated heterocycles. The van der Waals surface area contributed by atoms with Crippen molar-refractivity contribution in [2.24, 2.45) is 0 Å². The molecule has 0 radical (unpaired) electrons. The molecule has 1 aromatic carbocycles. The monoisotopic (exact) mass is 428 g/mol. The average molecular weight is 429 g/mol. The van der Waals surface area contributed by atoms with Crippen molar-refractivity contribution in [2.45, 2.75) is 56.6 Å². The van der Waals surface area contributed by atoms with Crippen LogP contribution in [0.4, 0.5) is 4.79 Å². The molecule has 4 rings (SSSR count). The number of thioether (sulfide) groups is 1. The maximum Gasteiger partial charge on any atom is 0.317 e. The average Bonchev–Trinajstić information content (AvgIpc) is 3.08. The number of carbonyl (C=O) groups is 2. The van der Waals surface area contributed by atoms with E-state index in [2.05, 4.69) is 34.6 Å². The summed E-state index contributed by atoms with van der Waals surface area (Å²) in [6, 6.07) is 4.59. The number of hydrogen-bond donors (Lipinski definition) is 2. The Bertz CT molecular complexity index is 981. The van der Waals surface area contributed by atoms with Gasteiger partial charge in [0.1, 0.15) is 0 Å². The van der Waals surface area contributed by atoms with E-state index in [4.69, 9.17) is 0 Å². The third kappa shape index (κ3) is 3.52. The Morgan fingerprint density at radius 1 is 1.30 bits per heavy atom. The van der Waals surface area contributed by atoms with Crippen molar-refractivity contribution in [3.05, 3.63) is 28.8 Å². The van der Waals surface area contributed by atoms with Crippen LogP contribution in [0.3, 0.4) is 0 Å². The number of H-pyrrole nitrogens is 1. The molecule has 2 heterocycles. The fraction of sp³-hybridized carbons (Fsp3) is 0.565. The molecule has 1 aliphatic heterocycles. The highest BCUT2D eigenvalue weighted by molar-refractivity contribution is 7.98. The van der Waals surface area contributed by atoms with Crippen molar-refractivity contribution < 1.29 is 9.59 Å². The van der Waals surface area contributed by atoms with Gasteiger partial charge in [0.25, 0.3) is 0 Å². The number of rotatable bonds is 5. The summed E-state index contributed by atoms with van der Waals surface area (Å²) in [5.74, 6) is 0.387. The molecule has 1 fully saturated rings. The molecule has 2 aliphatic rings. The lowest BCUT2D eigenvalue weighted by atomic mass is 9.73. The molecule has 162 valence electrons. The van der Waals surface area contributed by atoms with E-state index >= 15 is 0 Å². The maximum absolute atomic E-state index is 12.7. The highest BCUT2D eigenvalue weighted by atomic mass is 32.2. The molecule has 0 spiro atoms. The van der Waals surface area contributed by atoms with Crippen molar-refractivity contribution >= 4 is 34.5 Å². The van der Waals surface area contributed by atoms with Gasteiger partial charge in [-0.15, -0.1) is 11.8 Å². The number of nitrogens with zero attached hydrogens (tertiary/aromatic N) is 2. The van der Waals surface area contributed by atoms with Gasteiger partial charge in [0.05, 0.1) is 5.03 Å². The second kappa shape index (κ2) is 8.27. The third-order valence-electron chi connectivity index (χ3n) is 6.87. The number of aromatic nitrogens is 1. The first-order valence-corrected chi connectivity index (χ1v) is 12.1. The van der Waals surface area contributed by atoms with Crippen LogP contribution < -0.4 is 5.32 Å². The van der Waals surface area contributed by atoms with Crippen molar-refractivity contribution in [3.63, 3.8) is 0 Å². The van der Waals surface area contributed by atoms with Gasteiger partial charge >= 0.3 is 6.03 Å². The van der Waals surface area contributed by atoms with Crippen molar-refractivity contribution in [1.82, 2.24) is 20.1 Å².